The molecule has 0 saturated carbocycles. The molecule has 1 aliphatic rings. The first-order valence-corrected chi connectivity index (χ1v) is 7.26. The Bertz CT molecular complexity index is 658. The van der Waals surface area contributed by atoms with Crippen LogP contribution in [0.4, 0.5) is 11.8 Å². The largest absolute Gasteiger partial charge is 0.370 e. The molecule has 0 fully saturated rings. The summed E-state index contributed by atoms with van der Waals surface area (Å²) in [5.41, 5.74) is 8.45. The minimum atomic E-state index is 0.240. The van der Waals surface area contributed by atoms with Crippen molar-refractivity contribution in [2.75, 3.05) is 17.6 Å². The highest BCUT2D eigenvalue weighted by molar-refractivity contribution is 6.35. The summed E-state index contributed by atoms with van der Waals surface area (Å²) < 4.78 is 0. The van der Waals surface area contributed by atoms with Crippen molar-refractivity contribution in [2.45, 2.75) is 19.3 Å². The highest BCUT2D eigenvalue weighted by Crippen LogP contribution is 2.35. The maximum Gasteiger partial charge on any atom is 0.222 e. The molecule has 1 aliphatic heterocycles. The first kappa shape index (κ1) is 13.5. The lowest BCUT2D eigenvalue weighted by molar-refractivity contribution is 0.785. The molecular formula is C14H14Cl2N4. The van der Waals surface area contributed by atoms with E-state index < -0.39 is 0 Å². The van der Waals surface area contributed by atoms with Crippen LogP contribution in [0.1, 0.15) is 18.4 Å². The molecule has 3 N–H and O–H groups in total. The molecular weight excluding hydrogens is 295 g/mol. The lowest BCUT2D eigenvalue weighted by Gasteiger charge is -2.13. The van der Waals surface area contributed by atoms with Crippen molar-refractivity contribution < 1.29 is 0 Å². The standard InChI is InChI=1S/C14H14Cl2N4/c15-8-4-5-11(16)10(7-8)12-9-3-1-2-6-18-13(9)20-14(17)19-12/h4-5,7H,1-3,6H2,(H3,17,18,19,20). The number of fused-ring (bicyclic) bond motifs is 1. The second-order valence-corrected chi connectivity index (χ2v) is 5.61. The summed E-state index contributed by atoms with van der Waals surface area (Å²) in [7, 11) is 0. The fraction of sp³-hybridized carbons (Fsp3) is 0.286. The van der Waals surface area contributed by atoms with Gasteiger partial charge in [-0.25, -0.2) is 4.98 Å². The van der Waals surface area contributed by atoms with Crippen molar-refractivity contribution in [2.24, 2.45) is 0 Å². The van der Waals surface area contributed by atoms with Crippen LogP contribution in [0.5, 0.6) is 0 Å². The molecule has 0 saturated heterocycles. The third-order valence-electron chi connectivity index (χ3n) is 3.35. The molecule has 104 valence electrons. The Morgan fingerprint density at radius 1 is 1.15 bits per heavy atom. The highest BCUT2D eigenvalue weighted by atomic mass is 35.5. The number of benzene rings is 1. The first-order valence-electron chi connectivity index (χ1n) is 6.51. The Balaban J connectivity index is 2.22. The van der Waals surface area contributed by atoms with E-state index in [1.807, 2.05) is 6.07 Å². The normalized spacial score (nSPS) is 14.3. The minimum absolute atomic E-state index is 0.240. The minimum Gasteiger partial charge on any atom is -0.370 e. The third-order valence-corrected chi connectivity index (χ3v) is 3.92. The zero-order valence-corrected chi connectivity index (χ0v) is 12.3. The van der Waals surface area contributed by atoms with Gasteiger partial charge in [-0.15, -0.1) is 0 Å². The molecule has 0 bridgehead atoms. The van der Waals surface area contributed by atoms with Crippen molar-refractivity contribution in [3.8, 4) is 11.3 Å². The van der Waals surface area contributed by atoms with Crippen LogP contribution in [0.2, 0.25) is 10.0 Å². The van der Waals surface area contributed by atoms with Gasteiger partial charge in [0.1, 0.15) is 5.82 Å². The maximum atomic E-state index is 6.29. The van der Waals surface area contributed by atoms with Gasteiger partial charge in [0.15, 0.2) is 0 Å². The molecule has 0 unspecified atom stereocenters. The van der Waals surface area contributed by atoms with Gasteiger partial charge in [-0.1, -0.05) is 23.2 Å². The van der Waals surface area contributed by atoms with Gasteiger partial charge in [-0.05, 0) is 37.5 Å². The molecule has 20 heavy (non-hydrogen) atoms. The summed E-state index contributed by atoms with van der Waals surface area (Å²) >= 11 is 12.4. The molecule has 1 aromatic heterocycles. The van der Waals surface area contributed by atoms with E-state index in [4.69, 9.17) is 28.9 Å². The molecule has 0 radical (unpaired) electrons. The molecule has 0 amide bonds. The van der Waals surface area contributed by atoms with Gasteiger partial charge in [-0.2, -0.15) is 4.98 Å². The van der Waals surface area contributed by atoms with E-state index in [2.05, 4.69) is 15.3 Å². The molecule has 4 nitrogen and oxygen atoms in total. The Labute approximate surface area is 127 Å². The number of nitrogens with two attached hydrogens (primary N) is 1. The lowest BCUT2D eigenvalue weighted by Crippen LogP contribution is -2.07. The van der Waals surface area contributed by atoms with E-state index in [0.717, 1.165) is 48.4 Å². The maximum absolute atomic E-state index is 6.29. The number of aromatic nitrogens is 2. The molecule has 0 aliphatic carbocycles. The van der Waals surface area contributed by atoms with Gasteiger partial charge in [0.05, 0.1) is 10.7 Å². The van der Waals surface area contributed by atoms with Crippen molar-refractivity contribution in [1.82, 2.24) is 9.97 Å². The summed E-state index contributed by atoms with van der Waals surface area (Å²) in [6, 6.07) is 5.35. The Morgan fingerprint density at radius 3 is 2.85 bits per heavy atom. The zero-order chi connectivity index (χ0) is 14.1. The second-order valence-electron chi connectivity index (χ2n) is 4.77. The van der Waals surface area contributed by atoms with Crippen LogP contribution in [0.15, 0.2) is 18.2 Å². The van der Waals surface area contributed by atoms with Gasteiger partial charge in [-0.3, -0.25) is 0 Å². The summed E-state index contributed by atoms with van der Waals surface area (Å²) in [6.07, 6.45) is 3.08. The molecule has 0 spiro atoms. The van der Waals surface area contributed by atoms with E-state index in [1.54, 1.807) is 12.1 Å². The quantitative estimate of drug-likeness (QED) is 0.841. The van der Waals surface area contributed by atoms with E-state index >= 15 is 0 Å². The van der Waals surface area contributed by atoms with Crippen LogP contribution in [0, 0.1) is 0 Å². The monoisotopic (exact) mass is 308 g/mol. The van der Waals surface area contributed by atoms with Crippen LogP contribution < -0.4 is 11.1 Å². The number of anilines is 2. The summed E-state index contributed by atoms with van der Waals surface area (Å²) in [4.78, 5) is 8.68. The van der Waals surface area contributed by atoms with Crippen molar-refractivity contribution in [3.63, 3.8) is 0 Å². The Morgan fingerprint density at radius 2 is 2.00 bits per heavy atom. The van der Waals surface area contributed by atoms with Crippen LogP contribution >= 0.6 is 23.2 Å². The van der Waals surface area contributed by atoms with Crippen LogP contribution in [-0.2, 0) is 6.42 Å². The van der Waals surface area contributed by atoms with Crippen molar-refractivity contribution in [3.05, 3.63) is 33.8 Å². The van der Waals surface area contributed by atoms with E-state index in [0.29, 0.717) is 10.0 Å². The summed E-state index contributed by atoms with van der Waals surface area (Å²) in [5.74, 6) is 1.05. The second kappa shape index (κ2) is 5.46. The van der Waals surface area contributed by atoms with Gasteiger partial charge in [0, 0.05) is 22.7 Å². The van der Waals surface area contributed by atoms with Gasteiger partial charge >= 0.3 is 0 Å². The summed E-state index contributed by atoms with van der Waals surface area (Å²) in [5, 5.41) is 4.54. The molecule has 1 aromatic carbocycles. The third kappa shape index (κ3) is 2.53. The van der Waals surface area contributed by atoms with Crippen molar-refractivity contribution >= 4 is 35.0 Å². The number of halogens is 2. The predicted octanol–water partition coefficient (Wildman–Crippen LogP) is 3.78. The molecule has 6 heteroatoms. The number of rotatable bonds is 1. The smallest absolute Gasteiger partial charge is 0.222 e. The van der Waals surface area contributed by atoms with Crippen LogP contribution in [-0.4, -0.2) is 16.5 Å². The van der Waals surface area contributed by atoms with E-state index in [-0.39, 0.29) is 5.95 Å². The topological polar surface area (TPSA) is 63.8 Å². The number of hydrogen-bond acceptors (Lipinski definition) is 4. The van der Waals surface area contributed by atoms with E-state index in [9.17, 15) is 0 Å². The highest BCUT2D eigenvalue weighted by Gasteiger charge is 2.18. The number of nitrogen functional groups attached to an aromatic ring is 1. The average molecular weight is 309 g/mol. The molecule has 2 heterocycles. The number of nitrogens with zero attached hydrogens (tertiary/aromatic N) is 2. The lowest BCUT2D eigenvalue weighted by atomic mass is 10.0. The molecule has 0 atom stereocenters. The Kier molecular flexibility index (Phi) is 3.68. The van der Waals surface area contributed by atoms with Gasteiger partial charge in [0.2, 0.25) is 5.95 Å². The first-order chi connectivity index (χ1) is 9.65. The summed E-state index contributed by atoms with van der Waals surface area (Å²) in [6.45, 7) is 0.895. The SMILES string of the molecule is Nc1nc2c(c(-c3cc(Cl)ccc3Cl)n1)CCCCN2. The number of nitrogens with one attached hydrogen (secondary N) is 1. The van der Waals surface area contributed by atoms with Crippen LogP contribution in [0.3, 0.4) is 0 Å². The number of hydrogen-bond donors (Lipinski definition) is 2. The fourth-order valence-corrected chi connectivity index (χ4v) is 2.80. The predicted molar refractivity (Wildman–Crippen MR) is 83.3 cm³/mol. The molecule has 2 aromatic rings. The van der Waals surface area contributed by atoms with Crippen molar-refractivity contribution in [1.29, 1.82) is 0 Å². The van der Waals surface area contributed by atoms with Gasteiger partial charge in [0.25, 0.3) is 0 Å². The van der Waals surface area contributed by atoms with E-state index in [1.165, 1.54) is 0 Å². The zero-order valence-electron chi connectivity index (χ0n) is 10.8. The molecule has 3 rings (SSSR count). The van der Waals surface area contributed by atoms with Crippen LogP contribution in [0.25, 0.3) is 11.3 Å². The fourth-order valence-electron chi connectivity index (χ4n) is 2.42. The average Bonchev–Trinajstić information content (AvgIpc) is 2.66. The Hall–Kier alpha value is -1.52. The van der Waals surface area contributed by atoms with Gasteiger partial charge < -0.3 is 11.1 Å².